The van der Waals surface area contributed by atoms with Crippen molar-refractivity contribution in [2.45, 2.75) is 23.8 Å². The summed E-state index contributed by atoms with van der Waals surface area (Å²) in [5, 5.41) is 15.7. The molecule has 0 fully saturated rings. The van der Waals surface area contributed by atoms with Crippen LogP contribution in [0.15, 0.2) is 0 Å². The Kier molecular flexibility index (Phi) is 4.62. The first kappa shape index (κ1) is 14.3. The van der Waals surface area contributed by atoms with E-state index >= 15 is 0 Å². The van der Waals surface area contributed by atoms with Crippen LogP contribution in [0.25, 0.3) is 0 Å². The quantitative estimate of drug-likeness (QED) is 0.256. The van der Waals surface area contributed by atoms with Crippen molar-refractivity contribution in [3.05, 3.63) is 0 Å². The Morgan fingerprint density at radius 1 is 1.47 bits per heavy atom. The highest BCUT2D eigenvalue weighted by atomic mass is 32.2. The highest BCUT2D eigenvalue weighted by molar-refractivity contribution is 7.86. The number of aliphatic hydroxyl groups is 1. The molecular formula is C6H14N2O6S. The number of aliphatic carboxylic acids is 1. The first-order valence-electron chi connectivity index (χ1n) is 4.05. The van der Waals surface area contributed by atoms with Crippen molar-refractivity contribution in [3.8, 4) is 0 Å². The molecule has 8 nitrogen and oxygen atoms in total. The summed E-state index contributed by atoms with van der Waals surface area (Å²) >= 11 is 0. The molecule has 15 heavy (non-hydrogen) atoms. The molecule has 0 aromatic heterocycles. The SMILES string of the molecule is NCCCC(C(N)(O)C(=O)O)S(=O)(=O)O. The van der Waals surface area contributed by atoms with Crippen LogP contribution >= 0.6 is 0 Å². The fourth-order valence-electron chi connectivity index (χ4n) is 1.04. The van der Waals surface area contributed by atoms with E-state index in [4.69, 9.17) is 21.1 Å². The topological polar surface area (TPSA) is 164 Å². The van der Waals surface area contributed by atoms with Gasteiger partial charge < -0.3 is 15.9 Å². The molecule has 0 amide bonds. The summed E-state index contributed by atoms with van der Waals surface area (Å²) in [7, 11) is -4.75. The van der Waals surface area contributed by atoms with Crippen LogP contribution in [-0.2, 0) is 14.9 Å². The van der Waals surface area contributed by atoms with Crippen LogP contribution in [-0.4, -0.2) is 46.7 Å². The molecule has 0 aromatic rings. The van der Waals surface area contributed by atoms with Gasteiger partial charge in [0.15, 0.2) is 0 Å². The highest BCUT2D eigenvalue weighted by Crippen LogP contribution is 2.17. The summed E-state index contributed by atoms with van der Waals surface area (Å²) in [5.41, 5.74) is 6.97. The van der Waals surface area contributed by atoms with Gasteiger partial charge in [-0.25, -0.2) is 4.79 Å². The first-order chi connectivity index (χ1) is 6.64. The molecule has 0 saturated carbocycles. The lowest BCUT2D eigenvalue weighted by molar-refractivity contribution is -0.158. The van der Waals surface area contributed by atoms with Crippen molar-refractivity contribution in [2.75, 3.05) is 6.54 Å². The zero-order valence-corrected chi connectivity index (χ0v) is 8.64. The van der Waals surface area contributed by atoms with Crippen LogP contribution in [0.2, 0.25) is 0 Å². The van der Waals surface area contributed by atoms with Gasteiger partial charge in [-0.2, -0.15) is 8.42 Å². The van der Waals surface area contributed by atoms with Gasteiger partial charge in [0.2, 0.25) is 5.72 Å². The zero-order valence-electron chi connectivity index (χ0n) is 7.83. The molecule has 90 valence electrons. The average molecular weight is 242 g/mol. The van der Waals surface area contributed by atoms with Gasteiger partial charge in [0, 0.05) is 0 Å². The van der Waals surface area contributed by atoms with Crippen LogP contribution in [0.1, 0.15) is 12.8 Å². The molecule has 0 aromatic carbocycles. The van der Waals surface area contributed by atoms with E-state index in [1.165, 1.54) is 0 Å². The van der Waals surface area contributed by atoms with E-state index in [1.54, 1.807) is 0 Å². The Labute approximate surface area is 86.6 Å². The number of hydrogen-bond donors (Lipinski definition) is 5. The molecule has 0 rings (SSSR count). The van der Waals surface area contributed by atoms with Gasteiger partial charge in [-0.3, -0.25) is 10.3 Å². The van der Waals surface area contributed by atoms with E-state index in [2.05, 4.69) is 0 Å². The number of rotatable bonds is 6. The van der Waals surface area contributed by atoms with Crippen molar-refractivity contribution >= 4 is 16.1 Å². The van der Waals surface area contributed by atoms with Crippen molar-refractivity contribution in [1.82, 2.24) is 0 Å². The van der Waals surface area contributed by atoms with Gasteiger partial charge in [0.25, 0.3) is 10.1 Å². The standard InChI is InChI=1S/C6H14N2O6S/c7-3-1-2-4(15(12,13)14)6(8,11)5(9)10/h4,11H,1-3,7-8H2,(H,9,10)(H,12,13,14). The van der Waals surface area contributed by atoms with Crippen molar-refractivity contribution < 1.29 is 28.0 Å². The summed E-state index contributed by atoms with van der Waals surface area (Å²) in [6, 6.07) is 0. The second-order valence-corrected chi connectivity index (χ2v) is 4.66. The minimum Gasteiger partial charge on any atom is -0.478 e. The summed E-state index contributed by atoms with van der Waals surface area (Å²) in [4.78, 5) is 10.5. The third-order valence-electron chi connectivity index (χ3n) is 1.86. The highest BCUT2D eigenvalue weighted by Gasteiger charge is 2.47. The first-order valence-corrected chi connectivity index (χ1v) is 5.55. The number of carboxylic acids is 1. The molecule has 0 saturated heterocycles. The van der Waals surface area contributed by atoms with Crippen LogP contribution in [0.4, 0.5) is 0 Å². The molecule has 0 radical (unpaired) electrons. The summed E-state index contributed by atoms with van der Waals surface area (Å²) in [6.45, 7) is 0.0850. The van der Waals surface area contributed by atoms with E-state index in [0.717, 1.165) is 0 Å². The van der Waals surface area contributed by atoms with E-state index in [1.807, 2.05) is 0 Å². The molecule has 7 N–H and O–H groups in total. The second-order valence-electron chi connectivity index (χ2n) is 3.07. The predicted octanol–water partition coefficient (Wildman–Crippen LogP) is -2.29. The molecular weight excluding hydrogens is 228 g/mol. The van der Waals surface area contributed by atoms with Crippen LogP contribution in [0.3, 0.4) is 0 Å². The monoisotopic (exact) mass is 242 g/mol. The molecule has 2 atom stereocenters. The maximum Gasteiger partial charge on any atom is 0.352 e. The van der Waals surface area contributed by atoms with E-state index in [0.29, 0.717) is 0 Å². The Morgan fingerprint density at radius 2 is 1.93 bits per heavy atom. The van der Waals surface area contributed by atoms with Crippen molar-refractivity contribution in [1.29, 1.82) is 0 Å². The van der Waals surface area contributed by atoms with Crippen molar-refractivity contribution in [2.24, 2.45) is 11.5 Å². The van der Waals surface area contributed by atoms with Crippen LogP contribution < -0.4 is 11.5 Å². The molecule has 0 aliphatic rings. The Morgan fingerprint density at radius 3 is 2.20 bits per heavy atom. The van der Waals surface area contributed by atoms with Gasteiger partial charge in [-0.1, -0.05) is 0 Å². The minimum absolute atomic E-state index is 0.0850. The Bertz CT molecular complexity index is 325. The smallest absolute Gasteiger partial charge is 0.352 e. The van der Waals surface area contributed by atoms with Crippen LogP contribution in [0, 0.1) is 0 Å². The van der Waals surface area contributed by atoms with Crippen molar-refractivity contribution in [3.63, 3.8) is 0 Å². The van der Waals surface area contributed by atoms with Gasteiger partial charge in [-0.05, 0) is 19.4 Å². The maximum absolute atomic E-state index is 10.8. The summed E-state index contributed by atoms with van der Waals surface area (Å²) < 4.78 is 30.3. The fourth-order valence-corrected chi connectivity index (χ4v) is 2.06. The molecule has 2 unspecified atom stereocenters. The van der Waals surface area contributed by atoms with Gasteiger partial charge >= 0.3 is 5.97 Å². The molecule has 0 heterocycles. The number of carboxylic acid groups (broad SMARTS) is 1. The largest absolute Gasteiger partial charge is 0.478 e. The lowest BCUT2D eigenvalue weighted by Crippen LogP contribution is -2.60. The maximum atomic E-state index is 10.8. The normalized spacial score (nSPS) is 18.1. The van der Waals surface area contributed by atoms with E-state index in [-0.39, 0.29) is 19.4 Å². The molecule has 0 aliphatic heterocycles. The number of nitrogens with two attached hydrogens (primary N) is 2. The molecule has 0 bridgehead atoms. The number of carbonyl (C=O) groups is 1. The summed E-state index contributed by atoms with van der Waals surface area (Å²) in [6.07, 6.45) is -0.230. The third-order valence-corrected chi connectivity index (χ3v) is 3.18. The Balaban J connectivity index is 5.03. The predicted molar refractivity (Wildman–Crippen MR) is 50.4 cm³/mol. The van der Waals surface area contributed by atoms with Gasteiger partial charge in [-0.15, -0.1) is 0 Å². The lowest BCUT2D eigenvalue weighted by atomic mass is 10.1. The number of hydrogen-bond acceptors (Lipinski definition) is 6. The van der Waals surface area contributed by atoms with Crippen LogP contribution in [0.5, 0.6) is 0 Å². The second kappa shape index (κ2) is 4.86. The zero-order chi connectivity index (χ0) is 12.3. The third kappa shape index (κ3) is 3.72. The average Bonchev–Trinajstić information content (AvgIpc) is 2.01. The fraction of sp³-hybridized carbons (Fsp3) is 0.833. The minimum atomic E-state index is -4.75. The molecule has 9 heteroatoms. The van der Waals surface area contributed by atoms with E-state index < -0.39 is 27.1 Å². The van der Waals surface area contributed by atoms with Gasteiger partial charge in [0.1, 0.15) is 5.25 Å². The van der Waals surface area contributed by atoms with Gasteiger partial charge in [0.05, 0.1) is 0 Å². The summed E-state index contributed by atoms with van der Waals surface area (Å²) in [5.74, 6) is -1.93. The molecule has 0 aliphatic carbocycles. The lowest BCUT2D eigenvalue weighted by Gasteiger charge is -2.25. The van der Waals surface area contributed by atoms with E-state index in [9.17, 15) is 18.3 Å². The molecule has 0 spiro atoms. The Hall–Kier alpha value is -0.740.